The van der Waals surface area contributed by atoms with E-state index in [0.717, 1.165) is 24.2 Å². The van der Waals surface area contributed by atoms with Crippen molar-refractivity contribution < 1.29 is 4.74 Å². The van der Waals surface area contributed by atoms with Crippen molar-refractivity contribution in [2.45, 2.75) is 38.6 Å². The molecule has 3 unspecified atom stereocenters. The van der Waals surface area contributed by atoms with E-state index < -0.39 is 0 Å². The summed E-state index contributed by atoms with van der Waals surface area (Å²) in [6, 6.07) is 9.10. The van der Waals surface area contributed by atoms with Crippen molar-refractivity contribution in [2.75, 3.05) is 11.9 Å². The predicted octanol–water partition coefficient (Wildman–Crippen LogP) is 3.69. The van der Waals surface area contributed by atoms with E-state index in [1.807, 2.05) is 6.92 Å². The Kier molecular flexibility index (Phi) is 2.96. The van der Waals surface area contributed by atoms with Gasteiger partial charge in [-0.25, -0.2) is 0 Å². The number of nitrogens with one attached hydrogen (secondary N) is 1. The largest absolute Gasteiger partial charge is 0.494 e. The summed E-state index contributed by atoms with van der Waals surface area (Å²) in [6.07, 6.45) is 5.72. The summed E-state index contributed by atoms with van der Waals surface area (Å²) in [5.74, 6) is 2.89. The van der Waals surface area contributed by atoms with Gasteiger partial charge in [0.2, 0.25) is 0 Å². The molecule has 3 atom stereocenters. The van der Waals surface area contributed by atoms with Crippen molar-refractivity contribution in [1.82, 2.24) is 0 Å². The van der Waals surface area contributed by atoms with Crippen molar-refractivity contribution in [3.05, 3.63) is 24.3 Å². The molecule has 1 aromatic carbocycles. The second-order valence-corrected chi connectivity index (χ2v) is 5.38. The summed E-state index contributed by atoms with van der Waals surface area (Å²) in [5, 5.41) is 3.69. The number of hydrogen-bond donors (Lipinski definition) is 1. The summed E-state index contributed by atoms with van der Waals surface area (Å²) in [7, 11) is 0. The molecule has 3 rings (SSSR count). The van der Waals surface area contributed by atoms with Crippen LogP contribution in [-0.2, 0) is 0 Å². The molecule has 0 spiro atoms. The lowest BCUT2D eigenvalue weighted by Gasteiger charge is -2.24. The lowest BCUT2D eigenvalue weighted by molar-refractivity contribution is 0.340. The molecule has 2 fully saturated rings. The van der Waals surface area contributed by atoms with Gasteiger partial charge in [0, 0.05) is 11.7 Å². The second kappa shape index (κ2) is 4.59. The molecule has 0 heterocycles. The first-order valence-corrected chi connectivity index (χ1v) is 6.84. The summed E-state index contributed by atoms with van der Waals surface area (Å²) < 4.78 is 5.45. The first-order chi connectivity index (χ1) is 8.35. The minimum atomic E-state index is 0.715. The van der Waals surface area contributed by atoms with E-state index in [2.05, 4.69) is 29.6 Å². The summed E-state index contributed by atoms with van der Waals surface area (Å²) in [4.78, 5) is 0. The Morgan fingerprint density at radius 3 is 2.59 bits per heavy atom. The molecule has 92 valence electrons. The molecule has 1 aromatic rings. The maximum absolute atomic E-state index is 5.45. The van der Waals surface area contributed by atoms with Crippen LogP contribution in [-0.4, -0.2) is 12.6 Å². The van der Waals surface area contributed by atoms with Gasteiger partial charge in [0.05, 0.1) is 6.61 Å². The van der Waals surface area contributed by atoms with Gasteiger partial charge in [-0.05, 0) is 62.3 Å². The molecule has 0 saturated heterocycles. The van der Waals surface area contributed by atoms with Crippen LogP contribution in [0.5, 0.6) is 5.75 Å². The van der Waals surface area contributed by atoms with E-state index in [0.29, 0.717) is 6.04 Å². The van der Waals surface area contributed by atoms with Crippen LogP contribution in [0.25, 0.3) is 0 Å². The Labute approximate surface area is 103 Å². The van der Waals surface area contributed by atoms with Crippen LogP contribution < -0.4 is 10.1 Å². The fourth-order valence-corrected chi connectivity index (χ4v) is 3.45. The third-order valence-electron chi connectivity index (χ3n) is 4.26. The molecule has 2 aliphatic carbocycles. The van der Waals surface area contributed by atoms with Gasteiger partial charge in [-0.1, -0.05) is 6.42 Å². The first kappa shape index (κ1) is 10.9. The summed E-state index contributed by atoms with van der Waals surface area (Å²) >= 11 is 0. The number of ether oxygens (including phenoxy) is 1. The van der Waals surface area contributed by atoms with Gasteiger partial charge >= 0.3 is 0 Å². The zero-order valence-corrected chi connectivity index (χ0v) is 10.5. The van der Waals surface area contributed by atoms with Gasteiger partial charge < -0.3 is 10.1 Å². The van der Waals surface area contributed by atoms with E-state index in [4.69, 9.17) is 4.74 Å². The van der Waals surface area contributed by atoms with E-state index in [1.165, 1.54) is 31.4 Å². The molecule has 2 heteroatoms. The quantitative estimate of drug-likeness (QED) is 0.853. The average molecular weight is 231 g/mol. The van der Waals surface area contributed by atoms with Crippen molar-refractivity contribution in [3.63, 3.8) is 0 Å². The smallest absolute Gasteiger partial charge is 0.119 e. The van der Waals surface area contributed by atoms with Crippen molar-refractivity contribution in [1.29, 1.82) is 0 Å². The highest BCUT2D eigenvalue weighted by Gasteiger charge is 2.39. The van der Waals surface area contributed by atoms with Gasteiger partial charge in [0.25, 0.3) is 0 Å². The molecule has 2 aliphatic rings. The standard InChI is InChI=1S/C15H21NO/c1-2-17-14-7-5-13(6-8-14)16-15-10-11-3-4-12(15)9-11/h5-8,11-12,15-16H,2-4,9-10H2,1H3. The van der Waals surface area contributed by atoms with E-state index in [-0.39, 0.29) is 0 Å². The van der Waals surface area contributed by atoms with Crippen molar-refractivity contribution in [3.8, 4) is 5.75 Å². The van der Waals surface area contributed by atoms with Gasteiger partial charge in [0.15, 0.2) is 0 Å². The van der Waals surface area contributed by atoms with Crippen molar-refractivity contribution in [2.24, 2.45) is 11.8 Å². The van der Waals surface area contributed by atoms with E-state index in [1.54, 1.807) is 0 Å². The zero-order chi connectivity index (χ0) is 11.7. The highest BCUT2D eigenvalue weighted by molar-refractivity contribution is 5.47. The highest BCUT2D eigenvalue weighted by Crippen LogP contribution is 2.45. The molecule has 17 heavy (non-hydrogen) atoms. The summed E-state index contributed by atoms with van der Waals surface area (Å²) in [6.45, 7) is 2.75. The topological polar surface area (TPSA) is 21.3 Å². The maximum atomic E-state index is 5.45. The molecule has 2 nitrogen and oxygen atoms in total. The fourth-order valence-electron chi connectivity index (χ4n) is 3.45. The maximum Gasteiger partial charge on any atom is 0.119 e. The monoisotopic (exact) mass is 231 g/mol. The third-order valence-corrected chi connectivity index (χ3v) is 4.26. The van der Waals surface area contributed by atoms with Crippen LogP contribution >= 0.6 is 0 Å². The SMILES string of the molecule is CCOc1ccc(NC2CC3CCC2C3)cc1. The van der Waals surface area contributed by atoms with Crippen molar-refractivity contribution >= 4 is 5.69 Å². The third kappa shape index (κ3) is 2.26. The van der Waals surface area contributed by atoms with Crippen LogP contribution in [0, 0.1) is 11.8 Å². The van der Waals surface area contributed by atoms with Crippen LogP contribution in [0.2, 0.25) is 0 Å². The number of fused-ring (bicyclic) bond motifs is 2. The molecular weight excluding hydrogens is 210 g/mol. The minimum absolute atomic E-state index is 0.715. The van der Waals surface area contributed by atoms with Gasteiger partial charge in [0.1, 0.15) is 5.75 Å². The van der Waals surface area contributed by atoms with E-state index in [9.17, 15) is 0 Å². The number of benzene rings is 1. The molecule has 2 saturated carbocycles. The zero-order valence-electron chi connectivity index (χ0n) is 10.5. The normalized spacial score (nSPS) is 30.5. The summed E-state index contributed by atoms with van der Waals surface area (Å²) in [5.41, 5.74) is 1.24. The Morgan fingerprint density at radius 1 is 1.18 bits per heavy atom. The van der Waals surface area contributed by atoms with E-state index >= 15 is 0 Å². The number of anilines is 1. The second-order valence-electron chi connectivity index (χ2n) is 5.38. The Bertz CT molecular complexity index is 373. The molecular formula is C15H21NO. The fraction of sp³-hybridized carbons (Fsp3) is 0.600. The molecule has 0 radical (unpaired) electrons. The highest BCUT2D eigenvalue weighted by atomic mass is 16.5. The molecule has 0 aromatic heterocycles. The lowest BCUT2D eigenvalue weighted by atomic mass is 9.95. The van der Waals surface area contributed by atoms with Gasteiger partial charge in [-0.2, -0.15) is 0 Å². The van der Waals surface area contributed by atoms with Crippen LogP contribution in [0.4, 0.5) is 5.69 Å². The molecule has 2 bridgehead atoms. The Morgan fingerprint density at radius 2 is 2.00 bits per heavy atom. The van der Waals surface area contributed by atoms with Crippen LogP contribution in [0.1, 0.15) is 32.6 Å². The Balaban J connectivity index is 1.61. The lowest BCUT2D eigenvalue weighted by Crippen LogP contribution is -2.25. The number of hydrogen-bond acceptors (Lipinski definition) is 2. The Hall–Kier alpha value is -1.18. The molecule has 0 aliphatic heterocycles. The predicted molar refractivity (Wildman–Crippen MR) is 70.5 cm³/mol. The average Bonchev–Trinajstić information content (AvgIpc) is 2.94. The van der Waals surface area contributed by atoms with Gasteiger partial charge in [-0.15, -0.1) is 0 Å². The number of rotatable bonds is 4. The van der Waals surface area contributed by atoms with Crippen LogP contribution in [0.3, 0.4) is 0 Å². The van der Waals surface area contributed by atoms with Crippen LogP contribution in [0.15, 0.2) is 24.3 Å². The first-order valence-electron chi connectivity index (χ1n) is 6.84. The molecule has 0 amide bonds. The molecule has 1 N–H and O–H groups in total. The van der Waals surface area contributed by atoms with Gasteiger partial charge in [-0.3, -0.25) is 0 Å². The minimum Gasteiger partial charge on any atom is -0.494 e.